The van der Waals surface area contributed by atoms with Gasteiger partial charge in [0.1, 0.15) is 0 Å². The molecule has 0 saturated carbocycles. The minimum Gasteiger partial charge on any atom is -0.303 e. The molecular formula is C4H17ClO8P2. The first-order valence-corrected chi connectivity index (χ1v) is 7.20. The van der Waals surface area contributed by atoms with Crippen LogP contribution in [0.2, 0.25) is 0 Å². The third-order valence-corrected chi connectivity index (χ3v) is 0. The standard InChI is InChI=1S/C2H5Cl.C2H6.2H3O4P/c1-2-3;1-2;2*1-5(2,3)4/h2H2,1H3;1-2H3;2*(H3,1,2,3,4). The van der Waals surface area contributed by atoms with Crippen LogP contribution < -0.4 is 0 Å². The second-order valence-electron chi connectivity index (χ2n) is 1.29. The van der Waals surface area contributed by atoms with E-state index in [0.717, 1.165) is 5.88 Å². The molecule has 0 amide bonds. The minimum absolute atomic E-state index is 0.722. The molecule has 0 aliphatic heterocycles. The smallest absolute Gasteiger partial charge is 0.303 e. The van der Waals surface area contributed by atoms with Crippen molar-refractivity contribution in [3.05, 3.63) is 0 Å². The number of rotatable bonds is 0. The fourth-order valence-electron chi connectivity index (χ4n) is 0. The molecule has 0 bridgehead atoms. The summed E-state index contributed by atoms with van der Waals surface area (Å²) in [5.74, 6) is 0.722. The Kier molecular flexibility index (Phi) is 23.8. The number of hydrogen-bond donors (Lipinski definition) is 6. The fourth-order valence-corrected chi connectivity index (χ4v) is 0. The number of halogens is 1. The van der Waals surface area contributed by atoms with Gasteiger partial charge in [-0.3, -0.25) is 0 Å². The lowest BCUT2D eigenvalue weighted by atomic mass is 11.0. The van der Waals surface area contributed by atoms with Crippen molar-refractivity contribution in [3.8, 4) is 0 Å². The molecule has 0 unspecified atom stereocenters. The Labute approximate surface area is 93.0 Å². The predicted octanol–water partition coefficient (Wildman–Crippen LogP) is 0.414. The highest BCUT2D eigenvalue weighted by atomic mass is 35.5. The van der Waals surface area contributed by atoms with Crippen LogP contribution in [-0.2, 0) is 9.13 Å². The normalized spacial score (nSPS) is 9.47. The predicted molar refractivity (Wildman–Crippen MR) is 56.3 cm³/mol. The van der Waals surface area contributed by atoms with Gasteiger partial charge < -0.3 is 29.4 Å². The molecule has 0 fully saturated rings. The average Bonchev–Trinajstić information content (AvgIpc) is 1.84. The molecule has 98 valence electrons. The number of phosphoric acid groups is 2. The lowest BCUT2D eigenvalue weighted by Crippen LogP contribution is -1.66. The molecule has 0 aromatic rings. The van der Waals surface area contributed by atoms with Crippen molar-refractivity contribution in [1.82, 2.24) is 0 Å². The van der Waals surface area contributed by atoms with E-state index in [0.29, 0.717) is 0 Å². The molecule has 0 aliphatic carbocycles. The number of hydrogen-bond acceptors (Lipinski definition) is 2. The van der Waals surface area contributed by atoms with Crippen LogP contribution in [0.3, 0.4) is 0 Å². The average molecular weight is 291 g/mol. The Hall–Kier alpha value is 0.510. The second kappa shape index (κ2) is 14.5. The van der Waals surface area contributed by atoms with E-state index in [1.54, 1.807) is 0 Å². The van der Waals surface area contributed by atoms with Crippen molar-refractivity contribution in [3.63, 3.8) is 0 Å². The first kappa shape index (κ1) is 24.6. The molecular weight excluding hydrogens is 273 g/mol. The molecule has 0 rings (SSSR count). The van der Waals surface area contributed by atoms with Gasteiger partial charge in [0.15, 0.2) is 0 Å². The Morgan fingerprint density at radius 3 is 0.867 bits per heavy atom. The van der Waals surface area contributed by atoms with Crippen LogP contribution in [0.25, 0.3) is 0 Å². The maximum atomic E-state index is 8.88. The first-order valence-electron chi connectivity index (χ1n) is 3.54. The topological polar surface area (TPSA) is 156 Å². The largest absolute Gasteiger partial charge is 0.466 e. The van der Waals surface area contributed by atoms with Crippen LogP contribution in [-0.4, -0.2) is 35.2 Å². The van der Waals surface area contributed by atoms with Crippen molar-refractivity contribution >= 4 is 27.2 Å². The van der Waals surface area contributed by atoms with E-state index in [2.05, 4.69) is 0 Å². The van der Waals surface area contributed by atoms with E-state index in [1.165, 1.54) is 0 Å². The molecule has 0 aromatic heterocycles. The van der Waals surface area contributed by atoms with Gasteiger partial charge in [0.05, 0.1) is 0 Å². The van der Waals surface area contributed by atoms with E-state index in [9.17, 15) is 0 Å². The maximum Gasteiger partial charge on any atom is 0.466 e. The fraction of sp³-hybridized carbons (Fsp3) is 1.00. The molecule has 15 heavy (non-hydrogen) atoms. The quantitative estimate of drug-likeness (QED) is 0.277. The van der Waals surface area contributed by atoms with E-state index in [-0.39, 0.29) is 0 Å². The highest BCUT2D eigenvalue weighted by molar-refractivity contribution is 7.45. The van der Waals surface area contributed by atoms with E-state index in [4.69, 9.17) is 50.1 Å². The second-order valence-corrected chi connectivity index (χ2v) is 3.88. The monoisotopic (exact) mass is 290 g/mol. The highest BCUT2D eigenvalue weighted by Gasteiger charge is 2.00. The third-order valence-electron chi connectivity index (χ3n) is 0. The van der Waals surface area contributed by atoms with Crippen LogP contribution in [0.4, 0.5) is 0 Å². The third kappa shape index (κ3) is 8730. The van der Waals surface area contributed by atoms with Gasteiger partial charge in [0.25, 0.3) is 0 Å². The summed E-state index contributed by atoms with van der Waals surface area (Å²) in [6.07, 6.45) is 0. The summed E-state index contributed by atoms with van der Waals surface area (Å²) in [6, 6.07) is 0. The van der Waals surface area contributed by atoms with Crippen LogP contribution in [0.15, 0.2) is 0 Å². The molecule has 8 nitrogen and oxygen atoms in total. The Balaban J connectivity index is -0.0000000574. The summed E-state index contributed by atoms with van der Waals surface area (Å²) < 4.78 is 17.8. The summed E-state index contributed by atoms with van der Waals surface area (Å²) in [4.78, 5) is 43.1. The van der Waals surface area contributed by atoms with E-state index < -0.39 is 15.6 Å². The molecule has 0 radical (unpaired) electrons. The van der Waals surface area contributed by atoms with Crippen LogP contribution in [0.1, 0.15) is 20.8 Å². The zero-order valence-electron chi connectivity index (χ0n) is 8.48. The van der Waals surface area contributed by atoms with Gasteiger partial charge in [-0.1, -0.05) is 20.8 Å². The van der Waals surface area contributed by atoms with Gasteiger partial charge in [-0.2, -0.15) is 0 Å². The lowest BCUT2D eigenvalue weighted by Gasteiger charge is -1.82. The maximum absolute atomic E-state index is 8.88. The minimum atomic E-state index is -4.64. The van der Waals surface area contributed by atoms with Crippen molar-refractivity contribution in [1.29, 1.82) is 0 Å². The summed E-state index contributed by atoms with van der Waals surface area (Å²) in [5, 5.41) is 0. The van der Waals surface area contributed by atoms with Gasteiger partial charge in [0.2, 0.25) is 0 Å². The van der Waals surface area contributed by atoms with Crippen LogP contribution in [0.5, 0.6) is 0 Å². The molecule has 0 atom stereocenters. The van der Waals surface area contributed by atoms with Gasteiger partial charge in [-0.15, -0.1) is 11.6 Å². The lowest BCUT2D eigenvalue weighted by molar-refractivity contribution is 0.272. The molecule has 11 heteroatoms. The van der Waals surface area contributed by atoms with Gasteiger partial charge in [0, 0.05) is 5.88 Å². The zero-order chi connectivity index (χ0) is 13.7. The van der Waals surface area contributed by atoms with Gasteiger partial charge in [-0.25, -0.2) is 9.13 Å². The summed E-state index contributed by atoms with van der Waals surface area (Å²) in [5.41, 5.74) is 0. The molecule has 0 heterocycles. The Morgan fingerprint density at radius 2 is 0.867 bits per heavy atom. The highest BCUT2D eigenvalue weighted by Crippen LogP contribution is 2.26. The van der Waals surface area contributed by atoms with Crippen molar-refractivity contribution in [2.24, 2.45) is 0 Å². The Bertz CT molecular complexity index is 149. The molecule has 0 aliphatic rings. The van der Waals surface area contributed by atoms with Crippen LogP contribution >= 0.6 is 27.2 Å². The zero-order valence-corrected chi connectivity index (χ0v) is 11.0. The summed E-state index contributed by atoms with van der Waals surface area (Å²) in [7, 11) is -9.28. The summed E-state index contributed by atoms with van der Waals surface area (Å²) >= 11 is 5.00. The van der Waals surface area contributed by atoms with E-state index in [1.807, 2.05) is 20.8 Å². The van der Waals surface area contributed by atoms with E-state index >= 15 is 0 Å². The summed E-state index contributed by atoms with van der Waals surface area (Å²) in [6.45, 7) is 5.89. The molecule has 0 saturated heterocycles. The molecule has 6 N–H and O–H groups in total. The molecule has 0 aromatic carbocycles. The van der Waals surface area contributed by atoms with Crippen LogP contribution in [0, 0.1) is 0 Å². The van der Waals surface area contributed by atoms with Gasteiger partial charge in [-0.05, 0) is 0 Å². The Morgan fingerprint density at radius 1 is 0.867 bits per heavy atom. The van der Waals surface area contributed by atoms with Crippen molar-refractivity contribution < 1.29 is 38.5 Å². The van der Waals surface area contributed by atoms with Crippen molar-refractivity contribution in [2.45, 2.75) is 20.8 Å². The molecule has 0 spiro atoms. The van der Waals surface area contributed by atoms with Crippen molar-refractivity contribution in [2.75, 3.05) is 5.88 Å². The number of alkyl halides is 1. The van der Waals surface area contributed by atoms with Gasteiger partial charge >= 0.3 is 15.6 Å². The SMILES string of the molecule is CC.CCCl.O=P(O)(O)O.O=P(O)(O)O. The first-order chi connectivity index (χ1) is 6.41.